The summed E-state index contributed by atoms with van der Waals surface area (Å²) in [5, 5.41) is 12.2. The molecule has 0 amide bonds. The van der Waals surface area contributed by atoms with Crippen LogP contribution in [0.15, 0.2) is 0 Å². The van der Waals surface area contributed by atoms with Crippen molar-refractivity contribution < 1.29 is 23.1 Å². The van der Waals surface area contributed by atoms with Gasteiger partial charge in [-0.1, -0.05) is 6.92 Å². The molecule has 1 atom stereocenters. The third-order valence-electron chi connectivity index (χ3n) is 3.18. The molecule has 0 saturated heterocycles. The molecule has 1 N–H and O–H groups in total. The van der Waals surface area contributed by atoms with Gasteiger partial charge in [-0.2, -0.15) is 18.3 Å². The summed E-state index contributed by atoms with van der Waals surface area (Å²) in [7, 11) is 0. The van der Waals surface area contributed by atoms with E-state index in [-0.39, 0.29) is 11.5 Å². The maximum absolute atomic E-state index is 12.8. The Morgan fingerprint density at radius 1 is 1.56 bits per heavy atom. The molecule has 1 aliphatic rings. The fourth-order valence-corrected chi connectivity index (χ4v) is 2.51. The van der Waals surface area contributed by atoms with Gasteiger partial charge in [0.1, 0.15) is 6.54 Å². The summed E-state index contributed by atoms with van der Waals surface area (Å²) in [5.74, 6) is -1.27. The first kappa shape index (κ1) is 12.9. The number of aromatic nitrogens is 2. The summed E-state index contributed by atoms with van der Waals surface area (Å²) in [6, 6.07) is 0. The summed E-state index contributed by atoms with van der Waals surface area (Å²) < 4.78 is 39.5. The molecule has 1 aliphatic carbocycles. The van der Waals surface area contributed by atoms with Crippen LogP contribution < -0.4 is 0 Å². The van der Waals surface area contributed by atoms with Crippen LogP contribution in [-0.2, 0) is 23.9 Å². The van der Waals surface area contributed by atoms with Gasteiger partial charge in [-0.3, -0.25) is 9.48 Å². The Hall–Kier alpha value is -1.53. The molecular weight excluding hydrogens is 249 g/mol. The minimum absolute atomic E-state index is 0.0864. The molecule has 0 spiro atoms. The van der Waals surface area contributed by atoms with E-state index in [1.54, 1.807) is 6.92 Å². The molecule has 7 heteroatoms. The zero-order chi connectivity index (χ0) is 13.5. The van der Waals surface area contributed by atoms with Gasteiger partial charge in [-0.05, 0) is 25.2 Å². The number of fused-ring (bicyclic) bond motifs is 1. The minimum Gasteiger partial charge on any atom is -0.480 e. The van der Waals surface area contributed by atoms with E-state index >= 15 is 0 Å². The Morgan fingerprint density at radius 3 is 2.78 bits per heavy atom. The number of aliphatic carboxylic acids is 1. The van der Waals surface area contributed by atoms with Crippen molar-refractivity contribution in [3.63, 3.8) is 0 Å². The average Bonchev–Trinajstić information content (AvgIpc) is 2.57. The predicted octanol–water partition coefficient (Wildman–Crippen LogP) is 2.43. The van der Waals surface area contributed by atoms with Gasteiger partial charge in [0.15, 0.2) is 5.69 Å². The number of carbonyl (C=O) groups is 1. The number of hydrogen-bond acceptors (Lipinski definition) is 2. The van der Waals surface area contributed by atoms with E-state index in [9.17, 15) is 18.0 Å². The first-order chi connectivity index (χ1) is 8.30. The molecule has 1 aromatic rings. The number of halogens is 3. The Morgan fingerprint density at radius 2 is 2.22 bits per heavy atom. The molecule has 1 unspecified atom stereocenters. The third-order valence-corrected chi connectivity index (χ3v) is 3.18. The van der Waals surface area contributed by atoms with Gasteiger partial charge in [-0.15, -0.1) is 0 Å². The number of carboxylic acid groups (broad SMARTS) is 1. The van der Waals surface area contributed by atoms with Crippen molar-refractivity contribution in [1.82, 2.24) is 9.78 Å². The molecule has 0 saturated carbocycles. The van der Waals surface area contributed by atoms with E-state index in [1.165, 1.54) is 0 Å². The molecular formula is C11H13F3N2O2. The van der Waals surface area contributed by atoms with Crippen molar-refractivity contribution in [2.75, 3.05) is 0 Å². The quantitative estimate of drug-likeness (QED) is 0.890. The zero-order valence-corrected chi connectivity index (χ0v) is 9.79. The smallest absolute Gasteiger partial charge is 0.435 e. The second kappa shape index (κ2) is 4.29. The molecule has 1 heterocycles. The summed E-state index contributed by atoms with van der Waals surface area (Å²) in [6.07, 6.45) is -2.77. The molecule has 100 valence electrons. The van der Waals surface area contributed by atoms with E-state index in [1.807, 2.05) is 0 Å². The molecule has 1 aromatic heterocycles. The highest BCUT2D eigenvalue weighted by Crippen LogP contribution is 2.39. The van der Waals surface area contributed by atoms with Gasteiger partial charge in [-0.25, -0.2) is 0 Å². The number of carboxylic acids is 1. The first-order valence-corrected chi connectivity index (χ1v) is 5.69. The molecule has 4 nitrogen and oxygen atoms in total. The van der Waals surface area contributed by atoms with Crippen molar-refractivity contribution in [3.8, 4) is 0 Å². The second-order valence-corrected chi connectivity index (χ2v) is 4.55. The van der Waals surface area contributed by atoms with Crippen LogP contribution in [-0.4, -0.2) is 20.9 Å². The van der Waals surface area contributed by atoms with E-state index in [0.29, 0.717) is 18.5 Å². The minimum atomic E-state index is -4.52. The van der Waals surface area contributed by atoms with Gasteiger partial charge < -0.3 is 5.11 Å². The summed E-state index contributed by atoms with van der Waals surface area (Å²) >= 11 is 0. The third kappa shape index (κ3) is 2.21. The number of nitrogens with zero attached hydrogens (tertiary/aromatic N) is 2. The monoisotopic (exact) mass is 262 g/mol. The van der Waals surface area contributed by atoms with Crippen molar-refractivity contribution >= 4 is 5.97 Å². The molecule has 0 fully saturated rings. The van der Waals surface area contributed by atoms with E-state index in [0.717, 1.165) is 11.1 Å². The number of rotatable bonds is 2. The molecule has 2 rings (SSSR count). The van der Waals surface area contributed by atoms with Crippen molar-refractivity contribution in [2.45, 2.75) is 44.8 Å². The fraction of sp³-hybridized carbons (Fsp3) is 0.636. The topological polar surface area (TPSA) is 55.1 Å². The van der Waals surface area contributed by atoms with Gasteiger partial charge >= 0.3 is 12.1 Å². The highest BCUT2D eigenvalue weighted by molar-refractivity contribution is 5.66. The maximum Gasteiger partial charge on any atom is 0.435 e. The van der Waals surface area contributed by atoms with Gasteiger partial charge in [0, 0.05) is 11.3 Å². The Balaban J connectivity index is 2.54. The summed E-state index contributed by atoms with van der Waals surface area (Å²) in [5.41, 5.74) is -0.330. The SMILES string of the molecule is CC1CCCc2c(C(F)(F)F)nn(CC(=O)O)c21. The lowest BCUT2D eigenvalue weighted by molar-refractivity contribution is -0.143. The Labute approximate surface area is 101 Å². The Kier molecular flexibility index (Phi) is 3.08. The lowest BCUT2D eigenvalue weighted by atomic mass is 9.87. The zero-order valence-electron chi connectivity index (χ0n) is 9.79. The molecule has 18 heavy (non-hydrogen) atoms. The van der Waals surface area contributed by atoms with Gasteiger partial charge in [0.05, 0.1) is 0 Å². The first-order valence-electron chi connectivity index (χ1n) is 5.69. The van der Waals surface area contributed by atoms with E-state index < -0.39 is 24.4 Å². The van der Waals surface area contributed by atoms with Crippen LogP contribution in [0.3, 0.4) is 0 Å². The van der Waals surface area contributed by atoms with E-state index in [2.05, 4.69) is 5.10 Å². The molecule has 0 radical (unpaired) electrons. The molecule has 0 bridgehead atoms. The standard InChI is InChI=1S/C11H13F3N2O2/c1-6-3-2-4-7-9(6)16(5-8(17)18)15-10(7)11(12,13)14/h6H,2-5H2,1H3,(H,17,18). The lowest BCUT2D eigenvalue weighted by Gasteiger charge is -2.20. The van der Waals surface area contributed by atoms with Crippen LogP contribution in [0.4, 0.5) is 13.2 Å². The van der Waals surface area contributed by atoms with Crippen molar-refractivity contribution in [3.05, 3.63) is 17.0 Å². The average molecular weight is 262 g/mol. The number of hydrogen-bond donors (Lipinski definition) is 1. The normalized spacial score (nSPS) is 19.7. The van der Waals surface area contributed by atoms with E-state index in [4.69, 9.17) is 5.11 Å². The number of alkyl halides is 3. The second-order valence-electron chi connectivity index (χ2n) is 4.55. The highest BCUT2D eigenvalue weighted by atomic mass is 19.4. The molecule has 0 aliphatic heterocycles. The predicted molar refractivity (Wildman–Crippen MR) is 56.2 cm³/mol. The van der Waals surface area contributed by atoms with Crippen LogP contribution in [0.2, 0.25) is 0 Å². The van der Waals surface area contributed by atoms with Crippen LogP contribution in [0, 0.1) is 0 Å². The van der Waals surface area contributed by atoms with Crippen LogP contribution in [0.25, 0.3) is 0 Å². The molecule has 0 aromatic carbocycles. The van der Waals surface area contributed by atoms with Crippen LogP contribution >= 0.6 is 0 Å². The Bertz CT molecular complexity index is 479. The lowest BCUT2D eigenvalue weighted by Crippen LogP contribution is -2.17. The largest absolute Gasteiger partial charge is 0.480 e. The van der Waals surface area contributed by atoms with Gasteiger partial charge in [0.25, 0.3) is 0 Å². The fourth-order valence-electron chi connectivity index (χ4n) is 2.51. The highest BCUT2D eigenvalue weighted by Gasteiger charge is 2.40. The summed E-state index contributed by atoms with van der Waals surface area (Å²) in [6.45, 7) is 1.28. The van der Waals surface area contributed by atoms with Crippen LogP contribution in [0.5, 0.6) is 0 Å². The van der Waals surface area contributed by atoms with Crippen LogP contribution in [0.1, 0.15) is 42.6 Å². The van der Waals surface area contributed by atoms with Gasteiger partial charge in [0.2, 0.25) is 0 Å². The summed E-state index contributed by atoms with van der Waals surface area (Å²) in [4.78, 5) is 10.7. The van der Waals surface area contributed by atoms with Crippen molar-refractivity contribution in [2.24, 2.45) is 0 Å². The maximum atomic E-state index is 12.8. The van der Waals surface area contributed by atoms with Crippen molar-refractivity contribution in [1.29, 1.82) is 0 Å².